The molecule has 31 heavy (non-hydrogen) atoms. The van der Waals surface area contributed by atoms with E-state index >= 15 is 0 Å². The molecule has 2 N–H and O–H groups in total. The Bertz CT molecular complexity index is 1080. The number of nitrogens with zero attached hydrogens (tertiary/aromatic N) is 4. The molecule has 2 heterocycles. The second kappa shape index (κ2) is 9.27. The largest absolute Gasteiger partial charge is 0.382 e. The van der Waals surface area contributed by atoms with Crippen molar-refractivity contribution in [2.75, 3.05) is 0 Å². The number of ketones is 1. The van der Waals surface area contributed by atoms with E-state index in [0.29, 0.717) is 5.56 Å². The SMILES string of the molecule is CCC(=O)C(NCn1ccc(-c2ccc(-n3nccn3)cc2)cc1=O)C(C)(O)C(F)F. The summed E-state index contributed by atoms with van der Waals surface area (Å²) in [5, 5.41) is 20.8. The first-order chi connectivity index (χ1) is 14.7. The molecule has 2 atom stereocenters. The number of nitrogens with one attached hydrogen (secondary N) is 1. The van der Waals surface area contributed by atoms with E-state index in [1.165, 1.54) is 28.6 Å². The van der Waals surface area contributed by atoms with Crippen molar-refractivity contribution in [1.29, 1.82) is 0 Å². The molecule has 2 unspecified atom stereocenters. The predicted octanol–water partition coefficient (Wildman–Crippen LogP) is 2.01. The fourth-order valence-electron chi connectivity index (χ4n) is 3.12. The summed E-state index contributed by atoms with van der Waals surface area (Å²) in [5.41, 5.74) is -0.706. The summed E-state index contributed by atoms with van der Waals surface area (Å²) in [6.07, 6.45) is 1.48. The van der Waals surface area contributed by atoms with E-state index in [9.17, 15) is 23.5 Å². The summed E-state index contributed by atoms with van der Waals surface area (Å²) in [5.74, 6) is -0.568. The van der Waals surface area contributed by atoms with Gasteiger partial charge in [-0.15, -0.1) is 0 Å². The van der Waals surface area contributed by atoms with Gasteiger partial charge in [-0.25, -0.2) is 8.78 Å². The molecule has 8 nitrogen and oxygen atoms in total. The van der Waals surface area contributed by atoms with E-state index < -0.39 is 23.9 Å². The van der Waals surface area contributed by atoms with Crippen LogP contribution in [0.3, 0.4) is 0 Å². The normalized spacial score (nSPS) is 14.4. The monoisotopic (exact) mass is 431 g/mol. The smallest absolute Gasteiger partial charge is 0.268 e. The number of Topliss-reactive ketones (excluding diaryl/α,β-unsaturated/α-hetero) is 1. The molecule has 0 radical (unpaired) electrons. The molecule has 3 rings (SSSR count). The minimum absolute atomic E-state index is 0.0293. The lowest BCUT2D eigenvalue weighted by Crippen LogP contribution is -2.58. The van der Waals surface area contributed by atoms with Gasteiger partial charge in [0.25, 0.3) is 12.0 Å². The van der Waals surface area contributed by atoms with Crippen LogP contribution in [0, 0.1) is 0 Å². The quantitative estimate of drug-likeness (QED) is 0.537. The number of aliphatic hydroxyl groups is 1. The van der Waals surface area contributed by atoms with Crippen molar-refractivity contribution >= 4 is 5.78 Å². The standard InChI is InChI=1S/C21H23F2N5O3/c1-3-17(29)19(21(2,31)20(22)23)24-13-27-11-8-15(12-18(27)30)14-4-6-16(7-5-14)28-25-9-10-26-28/h4-12,19-20,24,31H,3,13H2,1-2H3. The van der Waals surface area contributed by atoms with Crippen LogP contribution in [0.15, 0.2) is 59.8 Å². The van der Waals surface area contributed by atoms with Crippen LogP contribution >= 0.6 is 0 Å². The second-order valence-electron chi connectivity index (χ2n) is 7.23. The van der Waals surface area contributed by atoms with Crippen molar-refractivity contribution in [2.45, 2.75) is 45.0 Å². The molecular formula is C21H23F2N5O3. The highest BCUT2D eigenvalue weighted by atomic mass is 19.3. The zero-order valence-electron chi connectivity index (χ0n) is 17.1. The molecule has 0 saturated carbocycles. The van der Waals surface area contributed by atoms with Gasteiger partial charge in [-0.1, -0.05) is 19.1 Å². The summed E-state index contributed by atoms with van der Waals surface area (Å²) in [6, 6.07) is 8.88. The van der Waals surface area contributed by atoms with Crippen molar-refractivity contribution in [3.63, 3.8) is 0 Å². The molecule has 10 heteroatoms. The van der Waals surface area contributed by atoms with Gasteiger partial charge in [0.1, 0.15) is 11.6 Å². The maximum Gasteiger partial charge on any atom is 0.268 e. The Morgan fingerprint density at radius 1 is 1.16 bits per heavy atom. The van der Waals surface area contributed by atoms with Gasteiger partial charge in [0.2, 0.25) is 0 Å². The van der Waals surface area contributed by atoms with E-state index in [4.69, 9.17) is 0 Å². The van der Waals surface area contributed by atoms with Crippen LogP contribution in [-0.2, 0) is 11.5 Å². The van der Waals surface area contributed by atoms with E-state index in [2.05, 4.69) is 15.5 Å². The molecule has 3 aromatic rings. The van der Waals surface area contributed by atoms with E-state index in [1.54, 1.807) is 18.5 Å². The summed E-state index contributed by atoms with van der Waals surface area (Å²) in [6.45, 7) is 2.21. The zero-order chi connectivity index (χ0) is 22.6. The summed E-state index contributed by atoms with van der Waals surface area (Å²) >= 11 is 0. The minimum Gasteiger partial charge on any atom is -0.382 e. The van der Waals surface area contributed by atoms with Crippen LogP contribution in [0.4, 0.5) is 8.78 Å². The molecule has 0 bridgehead atoms. The van der Waals surface area contributed by atoms with Crippen molar-refractivity contribution < 1.29 is 18.7 Å². The van der Waals surface area contributed by atoms with Gasteiger partial charge >= 0.3 is 0 Å². The Kier molecular flexibility index (Phi) is 6.71. The highest BCUT2D eigenvalue weighted by molar-refractivity contribution is 5.85. The number of pyridine rings is 1. The van der Waals surface area contributed by atoms with Crippen LogP contribution in [0.25, 0.3) is 16.8 Å². The number of alkyl halides is 2. The Hall–Kier alpha value is -3.24. The Morgan fingerprint density at radius 2 is 1.81 bits per heavy atom. The van der Waals surface area contributed by atoms with Crippen molar-refractivity contribution in [1.82, 2.24) is 24.9 Å². The molecule has 0 fully saturated rings. The lowest BCUT2D eigenvalue weighted by atomic mass is 9.92. The van der Waals surface area contributed by atoms with E-state index in [-0.39, 0.29) is 18.6 Å². The number of carbonyl (C=O) groups excluding carboxylic acids is 1. The number of hydrogen-bond donors (Lipinski definition) is 2. The third-order valence-electron chi connectivity index (χ3n) is 5.01. The maximum absolute atomic E-state index is 13.2. The Balaban J connectivity index is 1.76. The fourth-order valence-corrected chi connectivity index (χ4v) is 3.12. The first-order valence-corrected chi connectivity index (χ1v) is 9.68. The zero-order valence-corrected chi connectivity index (χ0v) is 17.1. The highest BCUT2D eigenvalue weighted by Gasteiger charge is 2.44. The van der Waals surface area contributed by atoms with Crippen molar-refractivity contribution in [2.24, 2.45) is 0 Å². The number of carbonyl (C=O) groups is 1. The fraction of sp³-hybridized carbons (Fsp3) is 0.333. The second-order valence-corrected chi connectivity index (χ2v) is 7.23. The Labute approximate surface area is 177 Å². The third kappa shape index (κ3) is 4.92. The maximum atomic E-state index is 13.2. The molecule has 0 aliphatic carbocycles. The molecule has 0 amide bonds. The third-order valence-corrected chi connectivity index (χ3v) is 5.01. The summed E-state index contributed by atoms with van der Waals surface area (Å²) in [7, 11) is 0. The molecule has 0 aliphatic rings. The molecule has 164 valence electrons. The van der Waals surface area contributed by atoms with Crippen LogP contribution < -0.4 is 10.9 Å². The van der Waals surface area contributed by atoms with Crippen molar-refractivity contribution in [3.05, 3.63) is 65.3 Å². The average molecular weight is 431 g/mol. The molecule has 0 spiro atoms. The number of aromatic nitrogens is 4. The first-order valence-electron chi connectivity index (χ1n) is 9.68. The van der Waals surface area contributed by atoms with Gasteiger partial charge in [-0.05, 0) is 36.2 Å². The number of rotatable bonds is 9. The number of benzene rings is 1. The summed E-state index contributed by atoms with van der Waals surface area (Å²) < 4.78 is 27.6. The highest BCUT2D eigenvalue weighted by Crippen LogP contribution is 2.22. The van der Waals surface area contributed by atoms with Crippen LogP contribution in [-0.4, -0.2) is 48.5 Å². The van der Waals surface area contributed by atoms with E-state index in [1.807, 2.05) is 24.3 Å². The van der Waals surface area contributed by atoms with Gasteiger partial charge in [0.15, 0.2) is 5.78 Å². The Morgan fingerprint density at radius 3 is 2.35 bits per heavy atom. The van der Waals surface area contributed by atoms with Gasteiger partial charge in [-0.3, -0.25) is 14.9 Å². The van der Waals surface area contributed by atoms with Crippen molar-refractivity contribution in [3.8, 4) is 16.8 Å². The van der Waals surface area contributed by atoms with Crippen LogP contribution in [0.2, 0.25) is 0 Å². The molecule has 2 aromatic heterocycles. The number of halogens is 2. The predicted molar refractivity (Wildman–Crippen MR) is 110 cm³/mol. The van der Waals surface area contributed by atoms with Gasteiger partial charge in [0, 0.05) is 18.7 Å². The molecule has 0 aliphatic heterocycles. The molecule has 0 saturated heterocycles. The molecular weight excluding hydrogens is 408 g/mol. The van der Waals surface area contributed by atoms with Gasteiger partial charge < -0.3 is 9.67 Å². The lowest BCUT2D eigenvalue weighted by Gasteiger charge is -2.31. The lowest BCUT2D eigenvalue weighted by molar-refractivity contribution is -0.141. The minimum atomic E-state index is -3.13. The van der Waals surface area contributed by atoms with Gasteiger partial charge in [0.05, 0.1) is 24.7 Å². The van der Waals surface area contributed by atoms with Crippen LogP contribution in [0.1, 0.15) is 20.3 Å². The average Bonchev–Trinajstić information content (AvgIpc) is 3.29. The first kappa shape index (κ1) is 22.4. The topological polar surface area (TPSA) is 102 Å². The van der Waals surface area contributed by atoms with Gasteiger partial charge in [-0.2, -0.15) is 15.0 Å². The summed E-state index contributed by atoms with van der Waals surface area (Å²) in [4.78, 5) is 26.0. The van der Waals surface area contributed by atoms with E-state index in [0.717, 1.165) is 18.2 Å². The molecule has 1 aromatic carbocycles. The van der Waals surface area contributed by atoms with Crippen LogP contribution in [0.5, 0.6) is 0 Å². The number of hydrogen-bond acceptors (Lipinski definition) is 6.